The van der Waals surface area contributed by atoms with Gasteiger partial charge in [-0.05, 0) is 24.1 Å². The molecule has 0 saturated heterocycles. The topological polar surface area (TPSA) is 98.7 Å². The molecule has 2 aromatic heterocycles. The van der Waals surface area contributed by atoms with Crippen LogP contribution in [0.3, 0.4) is 0 Å². The van der Waals surface area contributed by atoms with Crippen molar-refractivity contribution in [2.45, 2.75) is 52.0 Å². The summed E-state index contributed by atoms with van der Waals surface area (Å²) in [6.45, 7) is 6.75. The van der Waals surface area contributed by atoms with E-state index in [0.717, 1.165) is 11.3 Å². The zero-order valence-corrected chi connectivity index (χ0v) is 15.8. The van der Waals surface area contributed by atoms with Gasteiger partial charge in [-0.2, -0.15) is 10.1 Å². The highest BCUT2D eigenvalue weighted by atomic mass is 16.5. The van der Waals surface area contributed by atoms with Crippen LogP contribution in [0.2, 0.25) is 0 Å². The van der Waals surface area contributed by atoms with Gasteiger partial charge in [0.05, 0.1) is 6.54 Å². The highest BCUT2D eigenvalue weighted by Crippen LogP contribution is 2.19. The van der Waals surface area contributed by atoms with Gasteiger partial charge in [0.2, 0.25) is 11.8 Å². The Morgan fingerprint density at radius 3 is 2.63 bits per heavy atom. The van der Waals surface area contributed by atoms with Gasteiger partial charge in [0, 0.05) is 23.9 Å². The third-order valence-corrected chi connectivity index (χ3v) is 3.98. The maximum atomic E-state index is 12.1. The number of rotatable bonds is 7. The molecule has 0 saturated carbocycles. The summed E-state index contributed by atoms with van der Waals surface area (Å²) in [7, 11) is 0. The number of anilines is 1. The SMILES string of the molecule is CC(C)(C)c1noc(CCCC(=O)Nc2ccc(Cn3cncn3)cc2)n1. The van der Waals surface area contributed by atoms with Crippen LogP contribution < -0.4 is 5.32 Å². The average Bonchev–Trinajstić information content (AvgIpc) is 3.28. The predicted molar refractivity (Wildman–Crippen MR) is 100 cm³/mol. The van der Waals surface area contributed by atoms with E-state index >= 15 is 0 Å². The van der Waals surface area contributed by atoms with Gasteiger partial charge in [-0.15, -0.1) is 0 Å². The molecule has 0 radical (unpaired) electrons. The summed E-state index contributed by atoms with van der Waals surface area (Å²) < 4.78 is 6.99. The van der Waals surface area contributed by atoms with Gasteiger partial charge in [0.15, 0.2) is 5.82 Å². The molecule has 0 bridgehead atoms. The minimum absolute atomic E-state index is 0.0328. The van der Waals surface area contributed by atoms with E-state index in [9.17, 15) is 4.79 Å². The van der Waals surface area contributed by atoms with Crippen molar-refractivity contribution in [2.75, 3.05) is 5.32 Å². The van der Waals surface area contributed by atoms with Crippen LogP contribution >= 0.6 is 0 Å². The molecule has 0 atom stereocenters. The normalized spacial score (nSPS) is 11.5. The second kappa shape index (κ2) is 8.11. The second-order valence-corrected chi connectivity index (χ2v) is 7.45. The molecule has 0 spiro atoms. The summed E-state index contributed by atoms with van der Waals surface area (Å²) in [6.07, 6.45) is 4.82. The summed E-state index contributed by atoms with van der Waals surface area (Å²) >= 11 is 0. The summed E-state index contributed by atoms with van der Waals surface area (Å²) in [4.78, 5) is 20.4. The summed E-state index contributed by atoms with van der Waals surface area (Å²) in [5, 5.41) is 11.0. The van der Waals surface area contributed by atoms with Crippen molar-refractivity contribution < 1.29 is 9.32 Å². The lowest BCUT2D eigenvalue weighted by Gasteiger charge is -2.10. The summed E-state index contributed by atoms with van der Waals surface area (Å²) in [5.74, 6) is 1.23. The number of nitrogens with one attached hydrogen (secondary N) is 1. The lowest BCUT2D eigenvalue weighted by Crippen LogP contribution is -2.13. The molecule has 8 heteroatoms. The van der Waals surface area contributed by atoms with E-state index in [2.05, 4.69) is 25.5 Å². The molecule has 0 unspecified atom stereocenters. The van der Waals surface area contributed by atoms with Gasteiger partial charge in [-0.1, -0.05) is 38.1 Å². The Bertz CT molecular complexity index is 862. The predicted octanol–water partition coefficient (Wildman–Crippen LogP) is 2.97. The highest BCUT2D eigenvalue weighted by Gasteiger charge is 2.20. The Morgan fingerprint density at radius 1 is 1.22 bits per heavy atom. The zero-order chi connectivity index (χ0) is 19.3. The summed E-state index contributed by atoms with van der Waals surface area (Å²) in [5.41, 5.74) is 1.72. The van der Waals surface area contributed by atoms with Crippen LogP contribution in [0.5, 0.6) is 0 Å². The average molecular weight is 368 g/mol. The van der Waals surface area contributed by atoms with E-state index in [0.29, 0.717) is 37.5 Å². The zero-order valence-electron chi connectivity index (χ0n) is 15.8. The Balaban J connectivity index is 1.43. The van der Waals surface area contributed by atoms with Crippen LogP contribution in [0, 0.1) is 0 Å². The number of hydrogen-bond acceptors (Lipinski definition) is 6. The fraction of sp³-hybridized carbons (Fsp3) is 0.421. The molecule has 1 amide bonds. The lowest BCUT2D eigenvalue weighted by atomic mass is 9.96. The third-order valence-electron chi connectivity index (χ3n) is 3.98. The van der Waals surface area contributed by atoms with E-state index in [4.69, 9.17) is 4.52 Å². The van der Waals surface area contributed by atoms with Crippen LogP contribution in [0.1, 0.15) is 50.9 Å². The quantitative estimate of drug-likeness (QED) is 0.688. The van der Waals surface area contributed by atoms with Crippen LogP contribution in [0.25, 0.3) is 0 Å². The number of carbonyl (C=O) groups is 1. The number of amides is 1. The number of nitrogens with zero attached hydrogens (tertiary/aromatic N) is 5. The molecule has 8 nitrogen and oxygen atoms in total. The number of benzene rings is 1. The van der Waals surface area contributed by atoms with Crippen molar-refractivity contribution in [3.8, 4) is 0 Å². The van der Waals surface area contributed by atoms with Gasteiger partial charge in [0.25, 0.3) is 0 Å². The van der Waals surface area contributed by atoms with Crippen LogP contribution in [0.15, 0.2) is 41.4 Å². The van der Waals surface area contributed by atoms with E-state index in [-0.39, 0.29) is 11.3 Å². The van der Waals surface area contributed by atoms with Crippen molar-refractivity contribution >= 4 is 11.6 Å². The van der Waals surface area contributed by atoms with Crippen molar-refractivity contribution in [1.29, 1.82) is 0 Å². The van der Waals surface area contributed by atoms with Gasteiger partial charge in [0.1, 0.15) is 12.7 Å². The Labute approximate surface area is 158 Å². The van der Waals surface area contributed by atoms with Crippen molar-refractivity contribution in [3.05, 3.63) is 54.2 Å². The van der Waals surface area contributed by atoms with E-state index in [1.54, 1.807) is 11.0 Å². The molecule has 0 fully saturated rings. The van der Waals surface area contributed by atoms with E-state index in [1.165, 1.54) is 6.33 Å². The molecule has 0 aliphatic carbocycles. The molecule has 0 aliphatic heterocycles. The molecule has 27 heavy (non-hydrogen) atoms. The van der Waals surface area contributed by atoms with Gasteiger partial charge >= 0.3 is 0 Å². The van der Waals surface area contributed by atoms with Crippen LogP contribution in [-0.4, -0.2) is 30.8 Å². The van der Waals surface area contributed by atoms with Crippen molar-refractivity contribution in [1.82, 2.24) is 24.9 Å². The van der Waals surface area contributed by atoms with Crippen LogP contribution in [-0.2, 0) is 23.2 Å². The second-order valence-electron chi connectivity index (χ2n) is 7.45. The highest BCUT2D eigenvalue weighted by molar-refractivity contribution is 5.90. The fourth-order valence-corrected chi connectivity index (χ4v) is 2.48. The monoisotopic (exact) mass is 368 g/mol. The van der Waals surface area contributed by atoms with Gasteiger partial charge in [-0.25, -0.2) is 9.67 Å². The Hall–Kier alpha value is -3.03. The fourth-order valence-electron chi connectivity index (χ4n) is 2.48. The summed E-state index contributed by atoms with van der Waals surface area (Å²) in [6, 6.07) is 7.70. The molecule has 1 aromatic carbocycles. The molecule has 3 aromatic rings. The number of hydrogen-bond donors (Lipinski definition) is 1. The van der Waals surface area contributed by atoms with Crippen molar-refractivity contribution in [3.63, 3.8) is 0 Å². The molecular formula is C19H24N6O2. The maximum absolute atomic E-state index is 12.1. The first-order chi connectivity index (χ1) is 12.9. The van der Waals surface area contributed by atoms with Crippen molar-refractivity contribution in [2.24, 2.45) is 0 Å². The molecule has 3 rings (SSSR count). The molecule has 142 valence electrons. The minimum atomic E-state index is -0.140. The van der Waals surface area contributed by atoms with Crippen LogP contribution in [0.4, 0.5) is 5.69 Å². The van der Waals surface area contributed by atoms with Gasteiger partial charge in [-0.3, -0.25) is 4.79 Å². The lowest BCUT2D eigenvalue weighted by molar-refractivity contribution is -0.116. The van der Waals surface area contributed by atoms with E-state index < -0.39 is 0 Å². The first kappa shape index (κ1) is 18.8. The number of carbonyl (C=O) groups excluding carboxylic acids is 1. The number of aryl methyl sites for hydroxylation is 1. The minimum Gasteiger partial charge on any atom is -0.339 e. The first-order valence-electron chi connectivity index (χ1n) is 8.94. The maximum Gasteiger partial charge on any atom is 0.226 e. The molecule has 2 heterocycles. The molecule has 1 N–H and O–H groups in total. The third kappa shape index (κ3) is 5.47. The van der Waals surface area contributed by atoms with Gasteiger partial charge < -0.3 is 9.84 Å². The smallest absolute Gasteiger partial charge is 0.226 e. The first-order valence-corrected chi connectivity index (χ1v) is 8.94. The largest absolute Gasteiger partial charge is 0.339 e. The Kier molecular flexibility index (Phi) is 5.63. The standard InChI is InChI=1S/C19H24N6O2/c1-19(2,3)18-23-17(27-24-18)6-4-5-16(26)22-15-9-7-14(8-10-15)11-25-13-20-12-21-25/h7-10,12-13H,4-6,11H2,1-3H3,(H,22,26). The molecule has 0 aliphatic rings. The Morgan fingerprint density at radius 2 is 2.00 bits per heavy atom. The number of aromatic nitrogens is 5. The van der Waals surface area contributed by atoms with E-state index in [1.807, 2.05) is 45.0 Å². The molecular weight excluding hydrogens is 344 g/mol.